The van der Waals surface area contributed by atoms with E-state index in [0.29, 0.717) is 0 Å². The van der Waals surface area contributed by atoms with Crippen LogP contribution < -0.4 is 5.32 Å². The van der Waals surface area contributed by atoms with E-state index in [1.54, 1.807) is 29.0 Å². The maximum Gasteiger partial charge on any atom is 0.269 e. The monoisotopic (exact) mass is 291 g/mol. The fourth-order valence-corrected chi connectivity index (χ4v) is 2.63. The third kappa shape index (κ3) is 3.85. The van der Waals surface area contributed by atoms with Crippen molar-refractivity contribution in [2.75, 3.05) is 0 Å². The van der Waals surface area contributed by atoms with E-state index >= 15 is 0 Å². The number of nitro groups is 1. The molecule has 1 N–H and O–H groups in total. The number of nitro benzene ring substituents is 1. The van der Waals surface area contributed by atoms with Crippen LogP contribution >= 0.6 is 11.3 Å². The molecule has 0 saturated heterocycles. The van der Waals surface area contributed by atoms with Gasteiger partial charge in [0, 0.05) is 35.8 Å². The van der Waals surface area contributed by atoms with Crippen molar-refractivity contribution in [3.05, 3.63) is 56.5 Å². The number of thiazole rings is 1. The Morgan fingerprint density at radius 3 is 3.00 bits per heavy atom. The van der Waals surface area contributed by atoms with Crippen molar-refractivity contribution in [1.29, 1.82) is 0 Å². The average molecular weight is 291 g/mol. The topological polar surface area (TPSA) is 68.1 Å². The molecule has 2 rings (SSSR count). The van der Waals surface area contributed by atoms with Gasteiger partial charge in [-0.3, -0.25) is 15.1 Å². The van der Waals surface area contributed by atoms with Crippen molar-refractivity contribution in [2.45, 2.75) is 32.4 Å². The summed E-state index contributed by atoms with van der Waals surface area (Å²) in [6.07, 6.45) is 3.80. The second-order valence-electron chi connectivity index (χ2n) is 4.54. The molecule has 0 bridgehead atoms. The van der Waals surface area contributed by atoms with Crippen LogP contribution in [0.5, 0.6) is 0 Å². The molecule has 0 aliphatic carbocycles. The highest BCUT2D eigenvalue weighted by Crippen LogP contribution is 2.23. The summed E-state index contributed by atoms with van der Waals surface area (Å²) in [6, 6.07) is 6.98. The Morgan fingerprint density at radius 2 is 2.35 bits per heavy atom. The fraction of sp³-hybridized carbons (Fsp3) is 0.357. The zero-order chi connectivity index (χ0) is 14.4. The summed E-state index contributed by atoms with van der Waals surface area (Å²) in [7, 11) is 0. The minimum Gasteiger partial charge on any atom is -0.305 e. The molecule has 1 unspecified atom stereocenters. The van der Waals surface area contributed by atoms with Crippen LogP contribution in [0.1, 0.15) is 36.2 Å². The van der Waals surface area contributed by atoms with Gasteiger partial charge in [-0.25, -0.2) is 0 Å². The quantitative estimate of drug-likeness (QED) is 0.624. The molecule has 0 aliphatic heterocycles. The molecule has 5 nitrogen and oxygen atoms in total. The first-order valence-corrected chi connectivity index (χ1v) is 7.43. The Kier molecular flexibility index (Phi) is 5.20. The molecule has 0 saturated carbocycles. The normalized spacial score (nSPS) is 12.2. The van der Waals surface area contributed by atoms with E-state index in [1.807, 2.05) is 12.3 Å². The van der Waals surface area contributed by atoms with Crippen molar-refractivity contribution in [1.82, 2.24) is 10.3 Å². The Morgan fingerprint density at radius 1 is 1.50 bits per heavy atom. The Balaban J connectivity index is 2.10. The first kappa shape index (κ1) is 14.6. The minimum atomic E-state index is -0.351. The second kappa shape index (κ2) is 7.12. The lowest BCUT2D eigenvalue weighted by Gasteiger charge is -2.18. The van der Waals surface area contributed by atoms with Crippen molar-refractivity contribution in [3.8, 4) is 0 Å². The van der Waals surface area contributed by atoms with E-state index in [-0.39, 0.29) is 16.7 Å². The van der Waals surface area contributed by atoms with E-state index in [1.165, 1.54) is 6.07 Å². The van der Waals surface area contributed by atoms with Crippen LogP contribution in [0.4, 0.5) is 5.69 Å². The fourth-order valence-electron chi connectivity index (χ4n) is 2.08. The molecule has 0 amide bonds. The Labute approximate surface area is 121 Å². The standard InChI is InChI=1S/C14H17N3O2S/c1-2-4-14(16-9-13-8-15-10-20-13)11-5-3-6-12(7-11)17(18)19/h3,5-8,10,14,16H,2,4,9H2,1H3. The van der Waals surface area contributed by atoms with Gasteiger partial charge in [0.25, 0.3) is 5.69 Å². The average Bonchev–Trinajstić information content (AvgIpc) is 2.97. The van der Waals surface area contributed by atoms with E-state index in [2.05, 4.69) is 17.2 Å². The van der Waals surface area contributed by atoms with E-state index in [0.717, 1.165) is 29.8 Å². The van der Waals surface area contributed by atoms with Crippen LogP contribution in [0, 0.1) is 10.1 Å². The van der Waals surface area contributed by atoms with Gasteiger partial charge in [0.15, 0.2) is 0 Å². The molecule has 1 aromatic heterocycles. The summed E-state index contributed by atoms with van der Waals surface area (Å²) in [5, 5.41) is 14.3. The maximum atomic E-state index is 10.9. The number of aromatic nitrogens is 1. The van der Waals surface area contributed by atoms with Gasteiger partial charge >= 0.3 is 0 Å². The smallest absolute Gasteiger partial charge is 0.269 e. The molecule has 0 radical (unpaired) electrons. The van der Waals surface area contributed by atoms with Gasteiger partial charge in [0.2, 0.25) is 0 Å². The van der Waals surface area contributed by atoms with Crippen LogP contribution in [0.3, 0.4) is 0 Å². The van der Waals surface area contributed by atoms with Gasteiger partial charge in [0.1, 0.15) is 0 Å². The summed E-state index contributed by atoms with van der Waals surface area (Å²) >= 11 is 1.60. The molecule has 20 heavy (non-hydrogen) atoms. The van der Waals surface area contributed by atoms with Crippen molar-refractivity contribution in [3.63, 3.8) is 0 Å². The van der Waals surface area contributed by atoms with E-state index < -0.39 is 0 Å². The van der Waals surface area contributed by atoms with Crippen LogP contribution in [-0.2, 0) is 6.54 Å². The lowest BCUT2D eigenvalue weighted by Crippen LogP contribution is -2.20. The highest BCUT2D eigenvalue weighted by atomic mass is 32.1. The van der Waals surface area contributed by atoms with Gasteiger partial charge in [-0.1, -0.05) is 25.5 Å². The van der Waals surface area contributed by atoms with Crippen LogP contribution in [0.25, 0.3) is 0 Å². The summed E-state index contributed by atoms with van der Waals surface area (Å²) in [6.45, 7) is 2.84. The third-order valence-corrected chi connectivity index (χ3v) is 3.85. The van der Waals surface area contributed by atoms with Crippen LogP contribution in [0.2, 0.25) is 0 Å². The number of non-ortho nitro benzene ring substituents is 1. The summed E-state index contributed by atoms with van der Waals surface area (Å²) in [5.41, 5.74) is 2.91. The number of nitrogens with zero attached hydrogens (tertiary/aromatic N) is 2. The third-order valence-electron chi connectivity index (χ3n) is 3.07. The number of hydrogen-bond acceptors (Lipinski definition) is 5. The highest BCUT2D eigenvalue weighted by molar-refractivity contribution is 7.09. The van der Waals surface area contributed by atoms with E-state index in [9.17, 15) is 10.1 Å². The van der Waals surface area contributed by atoms with Crippen molar-refractivity contribution >= 4 is 17.0 Å². The maximum absolute atomic E-state index is 10.9. The first-order chi connectivity index (χ1) is 9.70. The predicted octanol–water partition coefficient (Wildman–Crippen LogP) is 3.68. The summed E-state index contributed by atoms with van der Waals surface area (Å²) in [5.74, 6) is 0. The van der Waals surface area contributed by atoms with Crippen molar-refractivity contribution in [2.24, 2.45) is 0 Å². The highest BCUT2D eigenvalue weighted by Gasteiger charge is 2.14. The molecular formula is C14H17N3O2S. The molecule has 1 atom stereocenters. The molecule has 6 heteroatoms. The SMILES string of the molecule is CCCC(NCc1cncs1)c1cccc([N+](=O)[O-])c1. The number of benzene rings is 1. The van der Waals surface area contributed by atoms with Crippen LogP contribution in [0.15, 0.2) is 36.0 Å². The molecule has 0 aliphatic rings. The lowest BCUT2D eigenvalue weighted by atomic mass is 10.0. The molecular weight excluding hydrogens is 274 g/mol. The first-order valence-electron chi connectivity index (χ1n) is 6.55. The molecule has 2 aromatic rings. The van der Waals surface area contributed by atoms with Gasteiger partial charge in [0.05, 0.1) is 10.4 Å². The lowest BCUT2D eigenvalue weighted by molar-refractivity contribution is -0.384. The Bertz CT molecular complexity index is 557. The predicted molar refractivity (Wildman–Crippen MR) is 79.7 cm³/mol. The van der Waals surface area contributed by atoms with Gasteiger partial charge in [-0.15, -0.1) is 11.3 Å². The van der Waals surface area contributed by atoms with Crippen molar-refractivity contribution < 1.29 is 4.92 Å². The summed E-state index contributed by atoms with van der Waals surface area (Å²) < 4.78 is 0. The number of hydrogen-bond donors (Lipinski definition) is 1. The zero-order valence-corrected chi connectivity index (χ0v) is 12.1. The molecule has 1 aromatic carbocycles. The largest absolute Gasteiger partial charge is 0.305 e. The minimum absolute atomic E-state index is 0.127. The molecule has 0 fully saturated rings. The number of rotatable bonds is 7. The summed E-state index contributed by atoms with van der Waals surface area (Å²) in [4.78, 5) is 15.7. The Hall–Kier alpha value is -1.79. The van der Waals surface area contributed by atoms with Gasteiger partial charge in [-0.2, -0.15) is 0 Å². The molecule has 1 heterocycles. The molecule has 106 valence electrons. The zero-order valence-electron chi connectivity index (χ0n) is 11.3. The number of nitrogens with one attached hydrogen (secondary N) is 1. The molecule has 0 spiro atoms. The second-order valence-corrected chi connectivity index (χ2v) is 5.51. The van der Waals surface area contributed by atoms with E-state index in [4.69, 9.17) is 0 Å². The van der Waals surface area contributed by atoms with Gasteiger partial charge < -0.3 is 5.32 Å². The van der Waals surface area contributed by atoms with Gasteiger partial charge in [-0.05, 0) is 12.0 Å². The van der Waals surface area contributed by atoms with Crippen LogP contribution in [-0.4, -0.2) is 9.91 Å².